The Morgan fingerprint density at radius 3 is 2.27 bits per heavy atom. The largest absolute Gasteiger partial charge is 0.396 e. The summed E-state index contributed by atoms with van der Waals surface area (Å²) < 4.78 is 0. The van der Waals surface area contributed by atoms with E-state index in [9.17, 15) is 4.79 Å². The minimum atomic E-state index is -0.224. The number of rotatable bonds is 5. The van der Waals surface area contributed by atoms with E-state index in [0.717, 1.165) is 0 Å². The van der Waals surface area contributed by atoms with Gasteiger partial charge >= 0.3 is 0 Å². The molecule has 3 N–H and O–H groups in total. The van der Waals surface area contributed by atoms with Gasteiger partial charge in [-0.25, -0.2) is 0 Å². The van der Waals surface area contributed by atoms with Crippen molar-refractivity contribution in [3.8, 4) is 0 Å². The van der Waals surface area contributed by atoms with Gasteiger partial charge in [0.15, 0.2) is 0 Å². The fourth-order valence-electron chi connectivity index (χ4n) is 1.01. The Bertz CT molecular complexity index is 199. The lowest BCUT2D eigenvalue weighted by atomic mass is 10.1. The SMILES string of the molecule is CC(CO)CNC(C)C(=O)NC(C)(C)C. The summed E-state index contributed by atoms with van der Waals surface area (Å²) in [5, 5.41) is 14.8. The predicted molar refractivity (Wildman–Crippen MR) is 61.6 cm³/mol. The summed E-state index contributed by atoms with van der Waals surface area (Å²) in [5.74, 6) is 0.169. The lowest BCUT2D eigenvalue weighted by Crippen LogP contribution is -2.50. The molecule has 2 unspecified atom stereocenters. The second kappa shape index (κ2) is 6.08. The molecule has 0 saturated carbocycles. The number of aliphatic hydroxyl groups is 1. The van der Waals surface area contributed by atoms with Crippen LogP contribution in [-0.4, -0.2) is 35.7 Å². The van der Waals surface area contributed by atoms with Crippen molar-refractivity contribution in [1.29, 1.82) is 0 Å². The van der Waals surface area contributed by atoms with Gasteiger partial charge < -0.3 is 15.7 Å². The maximum absolute atomic E-state index is 11.6. The molecule has 0 aromatic carbocycles. The van der Waals surface area contributed by atoms with Crippen LogP contribution in [0.25, 0.3) is 0 Å². The van der Waals surface area contributed by atoms with Crippen molar-refractivity contribution in [3.63, 3.8) is 0 Å². The number of hydrogen-bond donors (Lipinski definition) is 3. The van der Waals surface area contributed by atoms with Crippen molar-refractivity contribution in [2.45, 2.75) is 46.2 Å². The summed E-state index contributed by atoms with van der Waals surface area (Å²) in [4.78, 5) is 11.6. The summed E-state index contributed by atoms with van der Waals surface area (Å²) >= 11 is 0. The van der Waals surface area contributed by atoms with Gasteiger partial charge in [0.25, 0.3) is 0 Å². The smallest absolute Gasteiger partial charge is 0.237 e. The van der Waals surface area contributed by atoms with Gasteiger partial charge in [0, 0.05) is 18.7 Å². The maximum Gasteiger partial charge on any atom is 0.237 e. The standard InChI is InChI=1S/C11H24N2O2/c1-8(7-14)6-12-9(2)10(15)13-11(3,4)5/h8-9,12,14H,6-7H2,1-5H3,(H,13,15). The number of aliphatic hydroxyl groups excluding tert-OH is 1. The van der Waals surface area contributed by atoms with Gasteiger partial charge in [-0.1, -0.05) is 6.92 Å². The van der Waals surface area contributed by atoms with E-state index >= 15 is 0 Å². The predicted octanol–water partition coefficient (Wildman–Crippen LogP) is 0.508. The molecule has 0 heterocycles. The van der Waals surface area contributed by atoms with Crippen LogP contribution in [0.5, 0.6) is 0 Å². The van der Waals surface area contributed by atoms with Crippen molar-refractivity contribution >= 4 is 5.91 Å². The molecular formula is C11H24N2O2. The van der Waals surface area contributed by atoms with Gasteiger partial charge in [0.05, 0.1) is 6.04 Å². The first-order valence-corrected chi connectivity index (χ1v) is 5.42. The van der Waals surface area contributed by atoms with Crippen LogP contribution >= 0.6 is 0 Å². The Hall–Kier alpha value is -0.610. The summed E-state index contributed by atoms with van der Waals surface area (Å²) in [6, 6.07) is -0.224. The molecule has 0 aliphatic heterocycles. The van der Waals surface area contributed by atoms with Gasteiger partial charge in [-0.3, -0.25) is 4.79 Å². The second-order valence-corrected chi connectivity index (χ2v) is 5.16. The van der Waals surface area contributed by atoms with E-state index in [4.69, 9.17) is 5.11 Å². The molecule has 0 radical (unpaired) electrons. The Balaban J connectivity index is 3.90. The Kier molecular flexibility index (Phi) is 5.83. The van der Waals surface area contributed by atoms with Crippen LogP contribution in [0.1, 0.15) is 34.6 Å². The van der Waals surface area contributed by atoms with Crippen LogP contribution in [0.4, 0.5) is 0 Å². The zero-order chi connectivity index (χ0) is 12.1. The monoisotopic (exact) mass is 216 g/mol. The van der Waals surface area contributed by atoms with Crippen LogP contribution in [-0.2, 0) is 4.79 Å². The molecule has 0 rings (SSSR count). The first-order valence-electron chi connectivity index (χ1n) is 5.42. The Morgan fingerprint density at radius 2 is 1.87 bits per heavy atom. The molecule has 0 aromatic rings. The van der Waals surface area contributed by atoms with Crippen LogP contribution in [0, 0.1) is 5.92 Å². The normalized spacial score (nSPS) is 15.9. The average Bonchev–Trinajstić information content (AvgIpc) is 2.10. The highest BCUT2D eigenvalue weighted by molar-refractivity contribution is 5.81. The number of amides is 1. The minimum Gasteiger partial charge on any atom is -0.396 e. The minimum absolute atomic E-state index is 0.00682. The molecule has 90 valence electrons. The van der Waals surface area contributed by atoms with Crippen molar-refractivity contribution in [2.75, 3.05) is 13.2 Å². The zero-order valence-electron chi connectivity index (χ0n) is 10.4. The van der Waals surface area contributed by atoms with Crippen LogP contribution in [0.3, 0.4) is 0 Å². The molecule has 0 saturated heterocycles. The first-order chi connectivity index (χ1) is 6.76. The molecule has 0 spiro atoms. The Labute approximate surface area is 92.4 Å². The molecule has 4 heteroatoms. The summed E-state index contributed by atoms with van der Waals surface area (Å²) in [6.45, 7) is 10.4. The first kappa shape index (κ1) is 14.4. The topological polar surface area (TPSA) is 61.4 Å². The molecule has 0 bridgehead atoms. The number of carbonyl (C=O) groups excluding carboxylic acids is 1. The maximum atomic E-state index is 11.6. The highest BCUT2D eigenvalue weighted by Gasteiger charge is 2.18. The fourth-order valence-corrected chi connectivity index (χ4v) is 1.01. The molecular weight excluding hydrogens is 192 g/mol. The Morgan fingerprint density at radius 1 is 1.33 bits per heavy atom. The van der Waals surface area contributed by atoms with E-state index in [-0.39, 0.29) is 30.0 Å². The highest BCUT2D eigenvalue weighted by atomic mass is 16.3. The summed E-state index contributed by atoms with van der Waals surface area (Å²) in [6.07, 6.45) is 0. The molecule has 0 aromatic heterocycles. The van der Waals surface area contributed by atoms with Crippen LogP contribution in [0.2, 0.25) is 0 Å². The zero-order valence-corrected chi connectivity index (χ0v) is 10.4. The molecule has 2 atom stereocenters. The number of nitrogens with one attached hydrogen (secondary N) is 2. The van der Waals surface area contributed by atoms with Crippen molar-refractivity contribution in [2.24, 2.45) is 5.92 Å². The van der Waals surface area contributed by atoms with Crippen molar-refractivity contribution in [1.82, 2.24) is 10.6 Å². The molecule has 1 amide bonds. The third-order valence-electron chi connectivity index (χ3n) is 1.98. The lowest BCUT2D eigenvalue weighted by Gasteiger charge is -2.24. The van der Waals surface area contributed by atoms with Crippen molar-refractivity contribution in [3.05, 3.63) is 0 Å². The molecule has 0 aliphatic rings. The van der Waals surface area contributed by atoms with Crippen LogP contribution in [0.15, 0.2) is 0 Å². The second-order valence-electron chi connectivity index (χ2n) is 5.16. The summed E-state index contributed by atoms with van der Waals surface area (Å²) in [7, 11) is 0. The van der Waals surface area contributed by atoms with Crippen LogP contribution < -0.4 is 10.6 Å². The third-order valence-corrected chi connectivity index (χ3v) is 1.98. The third kappa shape index (κ3) is 7.33. The van der Waals surface area contributed by atoms with Gasteiger partial charge in [-0.05, 0) is 33.6 Å². The average molecular weight is 216 g/mol. The fraction of sp³-hybridized carbons (Fsp3) is 0.909. The molecule has 15 heavy (non-hydrogen) atoms. The number of hydrogen-bond acceptors (Lipinski definition) is 3. The van der Waals surface area contributed by atoms with Gasteiger partial charge in [-0.2, -0.15) is 0 Å². The molecule has 0 aliphatic carbocycles. The van der Waals surface area contributed by atoms with E-state index < -0.39 is 0 Å². The quantitative estimate of drug-likeness (QED) is 0.627. The highest BCUT2D eigenvalue weighted by Crippen LogP contribution is 1.99. The van der Waals surface area contributed by atoms with Gasteiger partial charge in [0.2, 0.25) is 5.91 Å². The number of carbonyl (C=O) groups is 1. The van der Waals surface area contributed by atoms with E-state index in [1.807, 2.05) is 34.6 Å². The molecule has 4 nitrogen and oxygen atoms in total. The van der Waals surface area contributed by atoms with E-state index in [1.54, 1.807) is 0 Å². The van der Waals surface area contributed by atoms with Gasteiger partial charge in [0.1, 0.15) is 0 Å². The van der Waals surface area contributed by atoms with E-state index in [2.05, 4.69) is 10.6 Å². The molecule has 0 fully saturated rings. The van der Waals surface area contributed by atoms with E-state index in [1.165, 1.54) is 0 Å². The summed E-state index contributed by atoms with van der Waals surface area (Å²) in [5.41, 5.74) is -0.199. The van der Waals surface area contributed by atoms with Gasteiger partial charge in [-0.15, -0.1) is 0 Å². The van der Waals surface area contributed by atoms with E-state index in [0.29, 0.717) is 6.54 Å². The van der Waals surface area contributed by atoms with Crippen molar-refractivity contribution < 1.29 is 9.90 Å². The lowest BCUT2D eigenvalue weighted by molar-refractivity contribution is -0.124.